The van der Waals surface area contributed by atoms with E-state index < -0.39 is 29.5 Å². The number of aromatic nitrogens is 2. The zero-order chi connectivity index (χ0) is 27.5. The fraction of sp³-hybridized carbons (Fsp3) is 0.259. The Morgan fingerprint density at radius 1 is 1.08 bits per heavy atom. The van der Waals surface area contributed by atoms with Crippen LogP contribution in [0, 0.1) is 17.5 Å². The smallest absolute Gasteiger partial charge is 0.338 e. The molecule has 202 valence electrons. The summed E-state index contributed by atoms with van der Waals surface area (Å²) in [4.78, 5) is 30.3. The number of nitrogens with zero attached hydrogens (tertiary/aromatic N) is 5. The van der Waals surface area contributed by atoms with E-state index in [1.807, 2.05) is 18.2 Å². The predicted molar refractivity (Wildman–Crippen MR) is 143 cm³/mol. The number of rotatable bonds is 6. The largest absolute Gasteiger partial charge is 0.466 e. The van der Waals surface area contributed by atoms with Crippen LogP contribution in [0.3, 0.4) is 0 Å². The van der Waals surface area contributed by atoms with E-state index in [2.05, 4.69) is 46.0 Å². The predicted octanol–water partition coefficient (Wildman–Crippen LogP) is 4.00. The van der Waals surface area contributed by atoms with E-state index in [0.717, 1.165) is 12.0 Å². The van der Waals surface area contributed by atoms with Gasteiger partial charge < -0.3 is 15.0 Å². The van der Waals surface area contributed by atoms with Crippen LogP contribution in [-0.4, -0.2) is 66.5 Å². The van der Waals surface area contributed by atoms with Gasteiger partial charge in [0.05, 0.1) is 18.9 Å². The summed E-state index contributed by atoms with van der Waals surface area (Å²) in [6.07, 6.45) is 2.64. The topological polar surface area (TPSA) is 83.0 Å². The van der Waals surface area contributed by atoms with Crippen molar-refractivity contribution in [3.63, 3.8) is 0 Å². The first kappa shape index (κ1) is 26.8. The molecule has 2 aliphatic heterocycles. The highest BCUT2D eigenvalue weighted by atomic mass is 79.9. The standard InChI is InChI=1S/C27H24BrF3N6O2/c1-39-27(38)23-21(15-36-8-10-37(11-9-36)22-4-2-3-7-32-22)34-26(25-20(31)13-17(30)14-33-25)35-24(23)18-6-5-16(29)12-19(18)28/h2-7,12-14,24H,8-11,15H2,1H3,(H,34,35). The lowest BCUT2D eigenvalue weighted by atomic mass is 9.95. The number of nitrogens with one attached hydrogen (secondary N) is 1. The quantitative estimate of drug-likeness (QED) is 0.428. The molecule has 12 heteroatoms. The molecule has 8 nitrogen and oxygen atoms in total. The van der Waals surface area contributed by atoms with Crippen LogP contribution < -0.4 is 10.2 Å². The van der Waals surface area contributed by atoms with Gasteiger partial charge in [0, 0.05) is 55.2 Å². The van der Waals surface area contributed by atoms with E-state index in [1.165, 1.54) is 25.3 Å². The lowest BCUT2D eigenvalue weighted by Gasteiger charge is -2.37. The van der Waals surface area contributed by atoms with Crippen molar-refractivity contribution in [2.24, 2.45) is 4.99 Å². The second-order valence-corrected chi connectivity index (χ2v) is 9.84. The fourth-order valence-corrected chi connectivity index (χ4v) is 5.20. The highest BCUT2D eigenvalue weighted by Crippen LogP contribution is 2.37. The number of benzene rings is 1. The van der Waals surface area contributed by atoms with Gasteiger partial charge in [0.2, 0.25) is 0 Å². The molecule has 1 saturated heterocycles. The molecule has 0 aliphatic carbocycles. The van der Waals surface area contributed by atoms with Crippen LogP contribution in [0.5, 0.6) is 0 Å². The number of anilines is 1. The second kappa shape index (κ2) is 11.5. The average Bonchev–Trinajstić information content (AvgIpc) is 2.93. The molecule has 5 rings (SSSR count). The Morgan fingerprint density at radius 3 is 2.54 bits per heavy atom. The number of aliphatic imine (C=N–C) groups is 1. The Bertz CT molecular complexity index is 1440. The van der Waals surface area contributed by atoms with Gasteiger partial charge in [-0.05, 0) is 29.8 Å². The van der Waals surface area contributed by atoms with Crippen molar-refractivity contribution in [2.75, 3.05) is 44.7 Å². The summed E-state index contributed by atoms with van der Waals surface area (Å²) in [6.45, 7) is 3.03. The molecule has 1 aromatic carbocycles. The Morgan fingerprint density at radius 2 is 1.87 bits per heavy atom. The van der Waals surface area contributed by atoms with Crippen LogP contribution in [0.1, 0.15) is 17.3 Å². The summed E-state index contributed by atoms with van der Waals surface area (Å²) in [5.41, 5.74) is 0.893. The number of carbonyl (C=O) groups is 1. The monoisotopic (exact) mass is 600 g/mol. The van der Waals surface area contributed by atoms with Crippen molar-refractivity contribution < 1.29 is 22.7 Å². The molecular weight excluding hydrogens is 577 g/mol. The van der Waals surface area contributed by atoms with E-state index in [4.69, 9.17) is 4.74 Å². The summed E-state index contributed by atoms with van der Waals surface area (Å²) in [5, 5.41) is 3.06. The summed E-state index contributed by atoms with van der Waals surface area (Å²) < 4.78 is 47.8. The van der Waals surface area contributed by atoms with Crippen molar-refractivity contribution in [1.29, 1.82) is 0 Å². The highest BCUT2D eigenvalue weighted by molar-refractivity contribution is 9.10. The Labute approximate surface area is 231 Å². The molecule has 0 radical (unpaired) electrons. The number of hydrogen-bond donors (Lipinski definition) is 1. The highest BCUT2D eigenvalue weighted by Gasteiger charge is 2.35. The maximum Gasteiger partial charge on any atom is 0.338 e. The third-order valence-corrected chi connectivity index (χ3v) is 7.23. The van der Waals surface area contributed by atoms with E-state index >= 15 is 0 Å². The number of hydrogen-bond acceptors (Lipinski definition) is 8. The molecule has 4 heterocycles. The summed E-state index contributed by atoms with van der Waals surface area (Å²) in [6, 6.07) is 9.50. The van der Waals surface area contributed by atoms with Crippen LogP contribution in [-0.2, 0) is 9.53 Å². The number of pyridine rings is 2. The zero-order valence-electron chi connectivity index (χ0n) is 20.9. The van der Waals surface area contributed by atoms with Crippen molar-refractivity contribution in [1.82, 2.24) is 20.2 Å². The number of piperazine rings is 1. The maximum absolute atomic E-state index is 14.8. The van der Waals surface area contributed by atoms with E-state index in [1.54, 1.807) is 6.20 Å². The SMILES string of the molecule is COC(=O)C1=C(CN2CCN(c3ccccn3)CC2)NC(c2ncc(F)cc2F)=NC1c1ccc(F)cc1Br. The van der Waals surface area contributed by atoms with Gasteiger partial charge in [-0.15, -0.1) is 0 Å². The molecule has 3 aromatic rings. The molecule has 0 spiro atoms. The first-order valence-electron chi connectivity index (χ1n) is 12.1. The molecule has 2 aromatic heterocycles. The summed E-state index contributed by atoms with van der Waals surface area (Å²) >= 11 is 3.36. The molecule has 39 heavy (non-hydrogen) atoms. The van der Waals surface area contributed by atoms with Crippen molar-refractivity contribution >= 4 is 33.6 Å². The van der Waals surface area contributed by atoms with Gasteiger partial charge in [0.25, 0.3) is 0 Å². The molecule has 1 fully saturated rings. The van der Waals surface area contributed by atoms with Crippen LogP contribution >= 0.6 is 15.9 Å². The maximum atomic E-state index is 14.8. The van der Waals surface area contributed by atoms with E-state index in [0.29, 0.717) is 48.0 Å². The number of ether oxygens (including phenoxy) is 1. The van der Waals surface area contributed by atoms with Gasteiger partial charge in [0.15, 0.2) is 11.7 Å². The van der Waals surface area contributed by atoms with Crippen LogP contribution in [0.4, 0.5) is 19.0 Å². The summed E-state index contributed by atoms with van der Waals surface area (Å²) in [7, 11) is 1.26. The van der Waals surface area contributed by atoms with Crippen LogP contribution in [0.2, 0.25) is 0 Å². The molecule has 1 atom stereocenters. The van der Waals surface area contributed by atoms with Gasteiger partial charge >= 0.3 is 5.97 Å². The van der Waals surface area contributed by atoms with Crippen LogP contribution in [0.15, 0.2) is 75.6 Å². The normalized spacial score (nSPS) is 18.0. The Hall–Kier alpha value is -3.77. The number of amidine groups is 1. The van der Waals surface area contributed by atoms with Gasteiger partial charge in [-0.1, -0.05) is 28.1 Å². The average molecular weight is 601 g/mol. The molecule has 0 amide bonds. The lowest BCUT2D eigenvalue weighted by Crippen LogP contribution is -2.49. The number of carbonyl (C=O) groups excluding carboxylic acids is 1. The molecule has 1 N–H and O–H groups in total. The fourth-order valence-electron chi connectivity index (χ4n) is 4.63. The van der Waals surface area contributed by atoms with Gasteiger partial charge in [-0.2, -0.15) is 0 Å². The first-order valence-corrected chi connectivity index (χ1v) is 12.9. The minimum Gasteiger partial charge on any atom is -0.466 e. The molecule has 0 bridgehead atoms. The second-order valence-electron chi connectivity index (χ2n) is 8.99. The third kappa shape index (κ3) is 5.81. The number of methoxy groups -OCH3 is 1. The van der Waals surface area contributed by atoms with Crippen molar-refractivity contribution in [3.8, 4) is 0 Å². The zero-order valence-corrected chi connectivity index (χ0v) is 22.5. The van der Waals surface area contributed by atoms with Gasteiger partial charge in [-0.3, -0.25) is 9.89 Å². The molecule has 2 aliphatic rings. The van der Waals surface area contributed by atoms with Crippen molar-refractivity contribution in [3.05, 3.63) is 99.3 Å². The Balaban J connectivity index is 1.51. The molecule has 1 unspecified atom stereocenters. The molecule has 0 saturated carbocycles. The lowest BCUT2D eigenvalue weighted by molar-refractivity contribution is -0.136. The first-order chi connectivity index (χ1) is 18.8. The Kier molecular flexibility index (Phi) is 7.94. The third-order valence-electron chi connectivity index (χ3n) is 6.55. The van der Waals surface area contributed by atoms with Crippen LogP contribution in [0.25, 0.3) is 0 Å². The van der Waals surface area contributed by atoms with Gasteiger partial charge in [0.1, 0.15) is 29.2 Å². The summed E-state index contributed by atoms with van der Waals surface area (Å²) in [5.74, 6) is -1.96. The number of esters is 1. The van der Waals surface area contributed by atoms with E-state index in [-0.39, 0.29) is 23.6 Å². The van der Waals surface area contributed by atoms with Crippen molar-refractivity contribution in [2.45, 2.75) is 6.04 Å². The molecular formula is C27H24BrF3N6O2. The van der Waals surface area contributed by atoms with E-state index in [9.17, 15) is 18.0 Å². The van der Waals surface area contributed by atoms with Gasteiger partial charge in [-0.25, -0.2) is 27.9 Å². The minimum absolute atomic E-state index is 0.0171. The number of halogens is 4. The minimum atomic E-state index is -0.972.